The highest BCUT2D eigenvalue weighted by atomic mass is 16.1. The molecule has 0 saturated heterocycles. The van der Waals surface area contributed by atoms with Crippen molar-refractivity contribution in [1.29, 1.82) is 0 Å². The van der Waals surface area contributed by atoms with Gasteiger partial charge in [0.2, 0.25) is 6.41 Å². The molecule has 0 radical (unpaired) electrons. The maximum absolute atomic E-state index is 10.4. The standard InChI is InChI=1S/C12H9N3O/c16-7-14-12-5-9-8-3-1-2-4-10(8)15-11(9)6-13-12/h1-7,15H,(H,13,14,16). The lowest BCUT2D eigenvalue weighted by Gasteiger charge is -1.96. The number of H-pyrrole nitrogens is 1. The average molecular weight is 211 g/mol. The van der Waals surface area contributed by atoms with Gasteiger partial charge in [-0.25, -0.2) is 4.98 Å². The molecule has 0 fully saturated rings. The van der Waals surface area contributed by atoms with Crippen molar-refractivity contribution in [2.75, 3.05) is 5.32 Å². The van der Waals surface area contributed by atoms with Crippen LogP contribution in [0.15, 0.2) is 36.5 Å². The molecule has 0 atom stereocenters. The minimum Gasteiger partial charge on any atom is -0.353 e. The molecule has 78 valence electrons. The molecule has 2 heterocycles. The molecule has 0 aliphatic heterocycles. The number of para-hydroxylation sites is 1. The summed E-state index contributed by atoms with van der Waals surface area (Å²) in [4.78, 5) is 17.7. The smallest absolute Gasteiger partial charge is 0.212 e. The zero-order valence-electron chi connectivity index (χ0n) is 8.40. The number of nitrogens with zero attached hydrogens (tertiary/aromatic N) is 1. The zero-order chi connectivity index (χ0) is 11.0. The van der Waals surface area contributed by atoms with Crippen LogP contribution < -0.4 is 5.32 Å². The third-order valence-electron chi connectivity index (χ3n) is 2.60. The van der Waals surface area contributed by atoms with E-state index < -0.39 is 0 Å². The van der Waals surface area contributed by atoms with E-state index in [1.54, 1.807) is 6.20 Å². The Bertz CT molecular complexity index is 672. The topological polar surface area (TPSA) is 57.8 Å². The number of pyridine rings is 1. The van der Waals surface area contributed by atoms with Crippen LogP contribution in [0.3, 0.4) is 0 Å². The molecule has 0 aliphatic carbocycles. The monoisotopic (exact) mass is 211 g/mol. The molecule has 0 bridgehead atoms. The third-order valence-corrected chi connectivity index (χ3v) is 2.60. The predicted octanol–water partition coefficient (Wildman–Crippen LogP) is 2.28. The van der Waals surface area contributed by atoms with Gasteiger partial charge in [-0.15, -0.1) is 0 Å². The van der Waals surface area contributed by atoms with Crippen LogP contribution in [-0.2, 0) is 4.79 Å². The molecule has 0 aliphatic rings. The summed E-state index contributed by atoms with van der Waals surface area (Å²) in [7, 11) is 0. The molecular weight excluding hydrogens is 202 g/mol. The fourth-order valence-electron chi connectivity index (χ4n) is 1.89. The van der Waals surface area contributed by atoms with Crippen molar-refractivity contribution in [3.63, 3.8) is 0 Å². The Labute approximate surface area is 91.3 Å². The number of amides is 1. The number of nitrogens with one attached hydrogen (secondary N) is 2. The fourth-order valence-corrected chi connectivity index (χ4v) is 1.89. The molecule has 0 saturated carbocycles. The van der Waals surface area contributed by atoms with Crippen LogP contribution in [0.4, 0.5) is 5.82 Å². The van der Waals surface area contributed by atoms with Crippen molar-refractivity contribution in [3.05, 3.63) is 36.5 Å². The van der Waals surface area contributed by atoms with Crippen molar-refractivity contribution in [3.8, 4) is 0 Å². The fraction of sp³-hybridized carbons (Fsp3) is 0. The van der Waals surface area contributed by atoms with Crippen LogP contribution in [-0.4, -0.2) is 16.4 Å². The van der Waals surface area contributed by atoms with Gasteiger partial charge in [0.05, 0.1) is 11.7 Å². The van der Waals surface area contributed by atoms with Gasteiger partial charge in [0.15, 0.2) is 0 Å². The molecular formula is C12H9N3O. The van der Waals surface area contributed by atoms with E-state index in [0.29, 0.717) is 12.2 Å². The van der Waals surface area contributed by atoms with E-state index in [0.717, 1.165) is 21.8 Å². The zero-order valence-corrected chi connectivity index (χ0v) is 8.40. The van der Waals surface area contributed by atoms with E-state index in [2.05, 4.69) is 15.3 Å². The van der Waals surface area contributed by atoms with Gasteiger partial charge in [-0.1, -0.05) is 18.2 Å². The van der Waals surface area contributed by atoms with E-state index in [4.69, 9.17) is 0 Å². The predicted molar refractivity (Wildman–Crippen MR) is 63.3 cm³/mol. The molecule has 2 aromatic heterocycles. The SMILES string of the molecule is O=CNc1cc2c(cn1)[nH]c1ccccc12. The van der Waals surface area contributed by atoms with Gasteiger partial charge in [0.25, 0.3) is 0 Å². The number of carbonyl (C=O) groups excluding carboxylic acids is 1. The number of anilines is 1. The lowest BCUT2D eigenvalue weighted by molar-refractivity contribution is -0.105. The Morgan fingerprint density at radius 1 is 1.19 bits per heavy atom. The number of fused-ring (bicyclic) bond motifs is 3. The Hall–Kier alpha value is -2.36. The summed E-state index contributed by atoms with van der Waals surface area (Å²) in [6, 6.07) is 9.89. The highest BCUT2D eigenvalue weighted by Crippen LogP contribution is 2.25. The molecule has 1 amide bonds. The maximum atomic E-state index is 10.4. The summed E-state index contributed by atoms with van der Waals surface area (Å²) < 4.78 is 0. The highest BCUT2D eigenvalue weighted by molar-refractivity contribution is 6.07. The first-order chi connectivity index (χ1) is 7.88. The molecule has 1 aromatic carbocycles. The summed E-state index contributed by atoms with van der Waals surface area (Å²) in [5, 5.41) is 4.75. The second kappa shape index (κ2) is 3.34. The van der Waals surface area contributed by atoms with Gasteiger partial charge in [-0.05, 0) is 12.1 Å². The summed E-state index contributed by atoms with van der Waals surface area (Å²) in [6.07, 6.45) is 2.35. The molecule has 3 rings (SSSR count). The Morgan fingerprint density at radius 3 is 2.94 bits per heavy atom. The number of aromatic amines is 1. The van der Waals surface area contributed by atoms with Crippen LogP contribution in [0, 0.1) is 0 Å². The highest BCUT2D eigenvalue weighted by Gasteiger charge is 2.04. The molecule has 0 spiro atoms. The van der Waals surface area contributed by atoms with Gasteiger partial charge in [-0.3, -0.25) is 4.79 Å². The normalized spacial score (nSPS) is 10.8. The summed E-state index contributed by atoms with van der Waals surface area (Å²) in [6.45, 7) is 0. The molecule has 4 heteroatoms. The minimum atomic E-state index is 0.562. The van der Waals surface area contributed by atoms with Crippen LogP contribution in [0.25, 0.3) is 21.8 Å². The maximum Gasteiger partial charge on any atom is 0.212 e. The number of hydrogen-bond donors (Lipinski definition) is 2. The van der Waals surface area contributed by atoms with Gasteiger partial charge in [0.1, 0.15) is 5.82 Å². The lowest BCUT2D eigenvalue weighted by atomic mass is 10.2. The Balaban J connectivity index is 2.35. The van der Waals surface area contributed by atoms with Crippen molar-refractivity contribution >= 4 is 34.0 Å². The molecule has 4 nitrogen and oxygen atoms in total. The van der Waals surface area contributed by atoms with Crippen LogP contribution in [0.5, 0.6) is 0 Å². The largest absolute Gasteiger partial charge is 0.353 e. The quantitative estimate of drug-likeness (QED) is 0.639. The second-order valence-electron chi connectivity index (χ2n) is 3.55. The van der Waals surface area contributed by atoms with Crippen molar-refractivity contribution in [2.45, 2.75) is 0 Å². The van der Waals surface area contributed by atoms with E-state index >= 15 is 0 Å². The number of carbonyl (C=O) groups is 1. The van der Waals surface area contributed by atoms with Crippen molar-refractivity contribution < 1.29 is 4.79 Å². The molecule has 2 N–H and O–H groups in total. The van der Waals surface area contributed by atoms with Crippen LogP contribution in [0.2, 0.25) is 0 Å². The summed E-state index contributed by atoms with van der Waals surface area (Å²) in [5.41, 5.74) is 2.04. The van der Waals surface area contributed by atoms with Gasteiger partial charge in [0, 0.05) is 16.3 Å². The van der Waals surface area contributed by atoms with E-state index in [1.807, 2.05) is 30.3 Å². The minimum absolute atomic E-state index is 0.562. The van der Waals surface area contributed by atoms with Gasteiger partial charge in [-0.2, -0.15) is 0 Å². The Kier molecular flexibility index (Phi) is 1.86. The molecule has 3 aromatic rings. The summed E-state index contributed by atoms with van der Waals surface area (Å²) in [5.74, 6) is 0.562. The second-order valence-corrected chi connectivity index (χ2v) is 3.55. The van der Waals surface area contributed by atoms with Crippen molar-refractivity contribution in [1.82, 2.24) is 9.97 Å². The van der Waals surface area contributed by atoms with Crippen molar-refractivity contribution in [2.24, 2.45) is 0 Å². The first-order valence-electron chi connectivity index (χ1n) is 4.95. The number of hydrogen-bond acceptors (Lipinski definition) is 2. The average Bonchev–Trinajstić information content (AvgIpc) is 2.68. The number of benzene rings is 1. The Morgan fingerprint density at radius 2 is 2.06 bits per heavy atom. The molecule has 0 unspecified atom stereocenters. The first-order valence-corrected chi connectivity index (χ1v) is 4.95. The van der Waals surface area contributed by atoms with E-state index in [1.165, 1.54) is 0 Å². The summed E-state index contributed by atoms with van der Waals surface area (Å²) >= 11 is 0. The van der Waals surface area contributed by atoms with E-state index in [9.17, 15) is 4.79 Å². The van der Waals surface area contributed by atoms with E-state index in [-0.39, 0.29) is 0 Å². The van der Waals surface area contributed by atoms with Crippen LogP contribution in [0.1, 0.15) is 0 Å². The first kappa shape index (κ1) is 8.91. The van der Waals surface area contributed by atoms with Crippen LogP contribution >= 0.6 is 0 Å². The molecule has 16 heavy (non-hydrogen) atoms. The van der Waals surface area contributed by atoms with Gasteiger partial charge >= 0.3 is 0 Å². The lowest BCUT2D eigenvalue weighted by Crippen LogP contribution is -1.95. The number of rotatable bonds is 2. The number of aromatic nitrogens is 2. The van der Waals surface area contributed by atoms with Gasteiger partial charge < -0.3 is 10.3 Å². The third kappa shape index (κ3) is 1.24.